The Hall–Kier alpha value is -2.49. The first-order valence-corrected chi connectivity index (χ1v) is 5.14. The van der Waals surface area contributed by atoms with Crippen LogP contribution in [-0.4, -0.2) is 5.91 Å². The van der Waals surface area contributed by atoms with Crippen molar-refractivity contribution in [1.82, 2.24) is 0 Å². The van der Waals surface area contributed by atoms with Crippen molar-refractivity contribution in [3.63, 3.8) is 0 Å². The van der Waals surface area contributed by atoms with Gasteiger partial charge in [-0.1, -0.05) is 24.3 Å². The first-order valence-electron chi connectivity index (χ1n) is 5.14. The van der Waals surface area contributed by atoms with Crippen molar-refractivity contribution < 1.29 is 4.79 Å². The molecule has 6 N–H and O–H groups in total. The number of nitrogens with two attached hydrogens (primary N) is 3. The Morgan fingerprint density at radius 1 is 0.941 bits per heavy atom. The standard InChI is InChI=1S/C13H13N3O/c14-11-4-2-1-3-9(11)8-5-6-12(15)10(7-8)13(16)17/h1-7H,14-15H2,(H2,16,17). The number of anilines is 2. The Bertz CT molecular complexity index is 579. The zero-order valence-corrected chi connectivity index (χ0v) is 9.18. The van der Waals surface area contributed by atoms with E-state index < -0.39 is 5.91 Å². The number of hydrogen-bond acceptors (Lipinski definition) is 3. The summed E-state index contributed by atoms with van der Waals surface area (Å²) < 4.78 is 0. The minimum atomic E-state index is -0.543. The maximum Gasteiger partial charge on any atom is 0.250 e. The van der Waals surface area contributed by atoms with E-state index >= 15 is 0 Å². The third-order valence-electron chi connectivity index (χ3n) is 2.59. The third kappa shape index (κ3) is 2.06. The first kappa shape index (κ1) is 11.0. The van der Waals surface area contributed by atoms with Crippen molar-refractivity contribution >= 4 is 17.3 Å². The highest BCUT2D eigenvalue weighted by Crippen LogP contribution is 2.27. The molecule has 0 atom stereocenters. The van der Waals surface area contributed by atoms with Crippen LogP contribution in [0.5, 0.6) is 0 Å². The molecule has 2 aromatic carbocycles. The van der Waals surface area contributed by atoms with Gasteiger partial charge in [-0.05, 0) is 23.8 Å². The molecule has 0 bridgehead atoms. The summed E-state index contributed by atoms with van der Waals surface area (Å²) in [6.07, 6.45) is 0. The second kappa shape index (κ2) is 4.17. The van der Waals surface area contributed by atoms with Crippen molar-refractivity contribution in [1.29, 1.82) is 0 Å². The fourth-order valence-corrected chi connectivity index (χ4v) is 1.70. The van der Waals surface area contributed by atoms with Crippen molar-refractivity contribution in [2.24, 2.45) is 5.73 Å². The molecule has 4 heteroatoms. The van der Waals surface area contributed by atoms with Gasteiger partial charge in [-0.25, -0.2) is 0 Å². The second-order valence-corrected chi connectivity index (χ2v) is 3.75. The fourth-order valence-electron chi connectivity index (χ4n) is 1.70. The van der Waals surface area contributed by atoms with Gasteiger partial charge in [0.1, 0.15) is 0 Å². The van der Waals surface area contributed by atoms with Gasteiger partial charge in [0.2, 0.25) is 0 Å². The summed E-state index contributed by atoms with van der Waals surface area (Å²) in [5.74, 6) is -0.543. The highest BCUT2D eigenvalue weighted by atomic mass is 16.1. The van der Waals surface area contributed by atoms with Crippen LogP contribution >= 0.6 is 0 Å². The van der Waals surface area contributed by atoms with E-state index in [1.165, 1.54) is 0 Å². The van der Waals surface area contributed by atoms with Gasteiger partial charge in [-0.2, -0.15) is 0 Å². The second-order valence-electron chi connectivity index (χ2n) is 3.75. The van der Waals surface area contributed by atoms with Gasteiger partial charge in [0.25, 0.3) is 5.91 Å². The van der Waals surface area contributed by atoms with Crippen LogP contribution in [0.15, 0.2) is 42.5 Å². The zero-order chi connectivity index (χ0) is 12.4. The number of para-hydroxylation sites is 1. The summed E-state index contributed by atoms with van der Waals surface area (Å²) in [7, 11) is 0. The predicted molar refractivity (Wildman–Crippen MR) is 69.2 cm³/mol. The fraction of sp³-hybridized carbons (Fsp3) is 0. The summed E-state index contributed by atoms with van der Waals surface area (Å²) in [4.78, 5) is 11.2. The summed E-state index contributed by atoms with van der Waals surface area (Å²) in [5, 5.41) is 0. The number of amides is 1. The van der Waals surface area contributed by atoms with Crippen LogP contribution in [0.3, 0.4) is 0 Å². The van der Waals surface area contributed by atoms with Gasteiger partial charge in [-0.15, -0.1) is 0 Å². The molecule has 0 saturated carbocycles. The molecule has 0 aromatic heterocycles. The van der Waals surface area contributed by atoms with E-state index in [-0.39, 0.29) is 0 Å². The average Bonchev–Trinajstić information content (AvgIpc) is 2.30. The van der Waals surface area contributed by atoms with Crippen LogP contribution in [0.4, 0.5) is 11.4 Å². The molecule has 0 unspecified atom stereocenters. The molecule has 0 aliphatic carbocycles. The first-order chi connectivity index (χ1) is 8.09. The van der Waals surface area contributed by atoms with E-state index in [0.29, 0.717) is 16.9 Å². The minimum absolute atomic E-state index is 0.311. The number of nitrogen functional groups attached to an aromatic ring is 2. The molecule has 2 rings (SSSR count). The SMILES string of the molecule is NC(=O)c1cc(-c2ccccc2N)ccc1N. The van der Waals surface area contributed by atoms with Crippen molar-refractivity contribution in [3.05, 3.63) is 48.0 Å². The Balaban J connectivity index is 2.58. The maximum absolute atomic E-state index is 11.2. The largest absolute Gasteiger partial charge is 0.398 e. The van der Waals surface area contributed by atoms with Crippen molar-refractivity contribution in [3.8, 4) is 11.1 Å². The van der Waals surface area contributed by atoms with E-state index in [0.717, 1.165) is 11.1 Å². The van der Waals surface area contributed by atoms with Crippen LogP contribution in [0, 0.1) is 0 Å². The normalized spacial score (nSPS) is 10.1. The van der Waals surface area contributed by atoms with Gasteiger partial charge in [0.05, 0.1) is 5.56 Å². The van der Waals surface area contributed by atoms with Gasteiger partial charge < -0.3 is 17.2 Å². The lowest BCUT2D eigenvalue weighted by atomic mass is 10.0. The van der Waals surface area contributed by atoms with Crippen molar-refractivity contribution in [2.75, 3.05) is 11.5 Å². The lowest BCUT2D eigenvalue weighted by molar-refractivity contribution is 0.100. The molecule has 86 valence electrons. The average molecular weight is 227 g/mol. The van der Waals surface area contributed by atoms with Crippen molar-refractivity contribution in [2.45, 2.75) is 0 Å². The molecule has 1 amide bonds. The van der Waals surface area contributed by atoms with Gasteiger partial charge in [0.15, 0.2) is 0 Å². The quantitative estimate of drug-likeness (QED) is 0.680. The number of benzene rings is 2. The zero-order valence-electron chi connectivity index (χ0n) is 9.18. The Morgan fingerprint density at radius 3 is 2.29 bits per heavy atom. The molecule has 0 radical (unpaired) electrons. The molecule has 17 heavy (non-hydrogen) atoms. The molecular weight excluding hydrogens is 214 g/mol. The Morgan fingerprint density at radius 2 is 1.65 bits per heavy atom. The minimum Gasteiger partial charge on any atom is -0.398 e. The number of hydrogen-bond donors (Lipinski definition) is 3. The van der Waals surface area contributed by atoms with Crippen LogP contribution < -0.4 is 17.2 Å². The molecule has 0 aliphatic rings. The van der Waals surface area contributed by atoms with E-state index in [2.05, 4.69) is 0 Å². The highest BCUT2D eigenvalue weighted by molar-refractivity contribution is 5.99. The molecule has 0 spiro atoms. The lowest BCUT2D eigenvalue weighted by Gasteiger charge is -2.08. The third-order valence-corrected chi connectivity index (χ3v) is 2.59. The van der Waals surface area contributed by atoms with Crippen LogP contribution in [-0.2, 0) is 0 Å². The topological polar surface area (TPSA) is 95.1 Å². The molecule has 2 aromatic rings. The lowest BCUT2D eigenvalue weighted by Crippen LogP contribution is -2.13. The number of primary amides is 1. The Kier molecular flexibility index (Phi) is 2.70. The Labute approximate surface area is 99.0 Å². The smallest absolute Gasteiger partial charge is 0.250 e. The van der Waals surface area contributed by atoms with Crippen LogP contribution in [0.2, 0.25) is 0 Å². The van der Waals surface area contributed by atoms with Gasteiger partial charge in [0, 0.05) is 16.9 Å². The number of rotatable bonds is 2. The summed E-state index contributed by atoms with van der Waals surface area (Å²) >= 11 is 0. The summed E-state index contributed by atoms with van der Waals surface area (Å²) in [5.41, 5.74) is 19.8. The highest BCUT2D eigenvalue weighted by Gasteiger charge is 2.09. The van der Waals surface area contributed by atoms with Crippen LogP contribution in [0.1, 0.15) is 10.4 Å². The number of carbonyl (C=O) groups excluding carboxylic acids is 1. The molecular formula is C13H13N3O. The molecule has 0 saturated heterocycles. The number of carbonyl (C=O) groups is 1. The molecule has 0 heterocycles. The van der Waals surface area contributed by atoms with E-state index in [1.54, 1.807) is 18.2 Å². The molecule has 4 nitrogen and oxygen atoms in total. The van der Waals surface area contributed by atoms with Gasteiger partial charge >= 0.3 is 0 Å². The van der Waals surface area contributed by atoms with E-state index in [9.17, 15) is 4.79 Å². The molecule has 0 fully saturated rings. The summed E-state index contributed by atoms with van der Waals surface area (Å²) in [6, 6.07) is 12.5. The monoisotopic (exact) mass is 227 g/mol. The summed E-state index contributed by atoms with van der Waals surface area (Å²) in [6.45, 7) is 0. The van der Waals surface area contributed by atoms with Gasteiger partial charge in [-0.3, -0.25) is 4.79 Å². The maximum atomic E-state index is 11.2. The predicted octanol–water partition coefficient (Wildman–Crippen LogP) is 1.62. The van der Waals surface area contributed by atoms with E-state index in [1.807, 2.05) is 24.3 Å². The molecule has 0 aliphatic heterocycles. The van der Waals surface area contributed by atoms with Crippen LogP contribution in [0.25, 0.3) is 11.1 Å². The van der Waals surface area contributed by atoms with E-state index in [4.69, 9.17) is 17.2 Å².